The minimum absolute atomic E-state index is 0.109. The fourth-order valence-corrected chi connectivity index (χ4v) is 1.41. The van der Waals surface area contributed by atoms with E-state index in [1.54, 1.807) is 0 Å². The van der Waals surface area contributed by atoms with Gasteiger partial charge in [-0.05, 0) is 12.5 Å². The maximum Gasteiger partial charge on any atom is 0.276 e. The standard InChI is InChI=1S/C9H11N3O/c1-2-3-6-4-7-8(9(13)12-6)11-5-10-7/h4-5H,2-3H2,1H3,(H,10,11)(H,12,13). The maximum atomic E-state index is 11.4. The summed E-state index contributed by atoms with van der Waals surface area (Å²) >= 11 is 0. The zero-order valence-corrected chi connectivity index (χ0v) is 7.42. The largest absolute Gasteiger partial charge is 0.344 e. The Balaban J connectivity index is 2.63. The lowest BCUT2D eigenvalue weighted by Gasteiger charge is -1.97. The van der Waals surface area contributed by atoms with Crippen molar-refractivity contribution in [3.63, 3.8) is 0 Å². The van der Waals surface area contributed by atoms with Crippen molar-refractivity contribution in [2.45, 2.75) is 19.8 Å². The highest BCUT2D eigenvalue weighted by molar-refractivity contribution is 5.73. The van der Waals surface area contributed by atoms with E-state index < -0.39 is 0 Å². The molecule has 0 aromatic carbocycles. The zero-order chi connectivity index (χ0) is 9.26. The number of fused-ring (bicyclic) bond motifs is 1. The molecule has 0 unspecified atom stereocenters. The molecule has 0 saturated heterocycles. The average Bonchev–Trinajstić information content (AvgIpc) is 2.53. The van der Waals surface area contributed by atoms with Crippen LogP contribution < -0.4 is 5.56 Å². The molecule has 0 saturated carbocycles. The topological polar surface area (TPSA) is 61.5 Å². The van der Waals surface area contributed by atoms with Crippen molar-refractivity contribution in [2.24, 2.45) is 0 Å². The summed E-state index contributed by atoms with van der Waals surface area (Å²) in [5.74, 6) is 0. The van der Waals surface area contributed by atoms with Crippen molar-refractivity contribution in [3.05, 3.63) is 28.4 Å². The molecule has 2 rings (SSSR count). The molecule has 0 radical (unpaired) electrons. The second-order valence-electron chi connectivity index (χ2n) is 3.04. The minimum atomic E-state index is -0.109. The van der Waals surface area contributed by atoms with Crippen LogP contribution in [0.15, 0.2) is 17.2 Å². The van der Waals surface area contributed by atoms with Crippen LogP contribution in [0.3, 0.4) is 0 Å². The Labute approximate surface area is 75.0 Å². The first-order valence-corrected chi connectivity index (χ1v) is 4.36. The number of H-pyrrole nitrogens is 2. The number of nitrogens with one attached hydrogen (secondary N) is 2. The smallest absolute Gasteiger partial charge is 0.276 e. The van der Waals surface area contributed by atoms with E-state index in [0.29, 0.717) is 5.52 Å². The van der Waals surface area contributed by atoms with Crippen molar-refractivity contribution in [1.29, 1.82) is 0 Å². The number of hydrogen-bond donors (Lipinski definition) is 2. The molecule has 2 aromatic heterocycles. The van der Waals surface area contributed by atoms with Gasteiger partial charge in [0.15, 0.2) is 5.52 Å². The van der Waals surface area contributed by atoms with Crippen molar-refractivity contribution in [3.8, 4) is 0 Å². The molecular formula is C9H11N3O. The van der Waals surface area contributed by atoms with E-state index in [9.17, 15) is 4.79 Å². The van der Waals surface area contributed by atoms with Gasteiger partial charge in [-0.15, -0.1) is 0 Å². The number of rotatable bonds is 2. The van der Waals surface area contributed by atoms with Gasteiger partial charge in [0.25, 0.3) is 5.56 Å². The predicted molar refractivity (Wildman–Crippen MR) is 50.7 cm³/mol. The third-order valence-corrected chi connectivity index (χ3v) is 2.00. The van der Waals surface area contributed by atoms with Crippen LogP contribution in [-0.4, -0.2) is 15.0 Å². The third kappa shape index (κ3) is 1.35. The average molecular weight is 177 g/mol. The zero-order valence-electron chi connectivity index (χ0n) is 7.42. The summed E-state index contributed by atoms with van der Waals surface area (Å²) in [7, 11) is 0. The Hall–Kier alpha value is -1.58. The SMILES string of the molecule is CCCc1cc2[nH]cnc2c(=O)[nH]1. The van der Waals surface area contributed by atoms with Crippen molar-refractivity contribution >= 4 is 11.0 Å². The van der Waals surface area contributed by atoms with Crippen LogP contribution in [0, 0.1) is 0 Å². The molecule has 0 aliphatic rings. The van der Waals surface area contributed by atoms with Gasteiger partial charge in [-0.25, -0.2) is 4.98 Å². The summed E-state index contributed by atoms with van der Waals surface area (Å²) < 4.78 is 0. The predicted octanol–water partition coefficient (Wildman–Crippen LogP) is 1.20. The van der Waals surface area contributed by atoms with E-state index >= 15 is 0 Å². The molecule has 0 fully saturated rings. The van der Waals surface area contributed by atoms with Crippen LogP contribution in [0.1, 0.15) is 19.0 Å². The Morgan fingerprint density at radius 1 is 1.54 bits per heavy atom. The van der Waals surface area contributed by atoms with Gasteiger partial charge < -0.3 is 9.97 Å². The molecule has 0 atom stereocenters. The Bertz CT molecular complexity index is 469. The lowest BCUT2D eigenvalue weighted by atomic mass is 10.2. The summed E-state index contributed by atoms with van der Waals surface area (Å²) in [6, 6.07) is 1.94. The fourth-order valence-electron chi connectivity index (χ4n) is 1.41. The summed E-state index contributed by atoms with van der Waals surface area (Å²) in [5.41, 5.74) is 2.15. The molecule has 13 heavy (non-hydrogen) atoms. The maximum absolute atomic E-state index is 11.4. The van der Waals surface area contributed by atoms with Crippen molar-refractivity contribution in [1.82, 2.24) is 15.0 Å². The molecule has 2 aromatic rings. The molecule has 68 valence electrons. The molecular weight excluding hydrogens is 166 g/mol. The van der Waals surface area contributed by atoms with Gasteiger partial charge in [0, 0.05) is 5.69 Å². The highest BCUT2D eigenvalue weighted by atomic mass is 16.1. The monoisotopic (exact) mass is 177 g/mol. The summed E-state index contributed by atoms with van der Waals surface area (Å²) in [6.45, 7) is 2.08. The van der Waals surface area contributed by atoms with Crippen LogP contribution in [-0.2, 0) is 6.42 Å². The van der Waals surface area contributed by atoms with Gasteiger partial charge in [-0.3, -0.25) is 4.79 Å². The summed E-state index contributed by atoms with van der Waals surface area (Å²) in [6.07, 6.45) is 3.45. The minimum Gasteiger partial charge on any atom is -0.344 e. The van der Waals surface area contributed by atoms with Gasteiger partial charge in [0.2, 0.25) is 0 Å². The Morgan fingerprint density at radius 3 is 3.15 bits per heavy atom. The summed E-state index contributed by atoms with van der Waals surface area (Å²) in [5, 5.41) is 0. The van der Waals surface area contributed by atoms with E-state index in [2.05, 4.69) is 21.9 Å². The second kappa shape index (κ2) is 3.05. The van der Waals surface area contributed by atoms with Gasteiger partial charge >= 0.3 is 0 Å². The van der Waals surface area contributed by atoms with Gasteiger partial charge in [0.1, 0.15) is 0 Å². The van der Waals surface area contributed by atoms with Crippen molar-refractivity contribution < 1.29 is 0 Å². The first-order chi connectivity index (χ1) is 6.31. The second-order valence-corrected chi connectivity index (χ2v) is 3.04. The molecule has 0 spiro atoms. The molecule has 0 amide bonds. The van der Waals surface area contributed by atoms with Crippen LogP contribution in [0.2, 0.25) is 0 Å². The normalized spacial score (nSPS) is 10.8. The molecule has 0 aliphatic heterocycles. The summed E-state index contributed by atoms with van der Waals surface area (Å²) in [4.78, 5) is 21.0. The first kappa shape index (κ1) is 8.04. The van der Waals surface area contributed by atoms with E-state index in [4.69, 9.17) is 0 Å². The molecule has 4 heteroatoms. The Morgan fingerprint density at radius 2 is 2.38 bits per heavy atom. The number of aromatic amines is 2. The lowest BCUT2D eigenvalue weighted by molar-refractivity contribution is 0.879. The number of imidazole rings is 1. The van der Waals surface area contributed by atoms with E-state index in [1.165, 1.54) is 6.33 Å². The van der Waals surface area contributed by atoms with Crippen molar-refractivity contribution in [2.75, 3.05) is 0 Å². The highest BCUT2D eigenvalue weighted by Crippen LogP contribution is 2.05. The lowest BCUT2D eigenvalue weighted by Crippen LogP contribution is -2.09. The number of aromatic nitrogens is 3. The first-order valence-electron chi connectivity index (χ1n) is 4.36. The quantitative estimate of drug-likeness (QED) is 0.724. The van der Waals surface area contributed by atoms with Gasteiger partial charge in [-0.2, -0.15) is 0 Å². The molecule has 0 aliphatic carbocycles. The van der Waals surface area contributed by atoms with Crippen LogP contribution in [0.5, 0.6) is 0 Å². The highest BCUT2D eigenvalue weighted by Gasteiger charge is 2.02. The van der Waals surface area contributed by atoms with E-state index in [-0.39, 0.29) is 5.56 Å². The molecule has 2 heterocycles. The number of aryl methyl sites for hydroxylation is 1. The van der Waals surface area contributed by atoms with Gasteiger partial charge in [0.05, 0.1) is 11.8 Å². The van der Waals surface area contributed by atoms with Crippen LogP contribution >= 0.6 is 0 Å². The number of pyridine rings is 1. The molecule has 4 nitrogen and oxygen atoms in total. The van der Waals surface area contributed by atoms with Crippen LogP contribution in [0.4, 0.5) is 0 Å². The van der Waals surface area contributed by atoms with E-state index in [0.717, 1.165) is 24.1 Å². The number of nitrogens with zero attached hydrogens (tertiary/aromatic N) is 1. The van der Waals surface area contributed by atoms with Crippen LogP contribution in [0.25, 0.3) is 11.0 Å². The fraction of sp³-hybridized carbons (Fsp3) is 0.333. The Kier molecular flexibility index (Phi) is 1.88. The molecule has 2 N–H and O–H groups in total. The van der Waals surface area contributed by atoms with Gasteiger partial charge in [-0.1, -0.05) is 13.3 Å². The molecule has 0 bridgehead atoms. The van der Waals surface area contributed by atoms with E-state index in [1.807, 2.05) is 6.07 Å². The third-order valence-electron chi connectivity index (χ3n) is 2.00. The number of hydrogen-bond acceptors (Lipinski definition) is 2.